The van der Waals surface area contributed by atoms with Crippen LogP contribution in [-0.2, 0) is 17.9 Å². The standard InChI is InChI=1S/C14H20N6OS/c21-13(19-5-3-1-2-4-6-19)8-20-10-16-14(18-20)15-7-12-9-22-11-17-12/h9-11H,1-8H2,(H,15,18). The third-order valence-electron chi connectivity index (χ3n) is 3.70. The lowest BCUT2D eigenvalue weighted by Crippen LogP contribution is -2.34. The van der Waals surface area contributed by atoms with Crippen molar-refractivity contribution in [2.45, 2.75) is 38.8 Å². The van der Waals surface area contributed by atoms with E-state index in [1.54, 1.807) is 27.9 Å². The van der Waals surface area contributed by atoms with Crippen LogP contribution in [0.5, 0.6) is 0 Å². The maximum absolute atomic E-state index is 12.3. The van der Waals surface area contributed by atoms with Crippen LogP contribution in [0.3, 0.4) is 0 Å². The summed E-state index contributed by atoms with van der Waals surface area (Å²) in [5.74, 6) is 0.648. The molecule has 3 heterocycles. The molecule has 0 saturated carbocycles. The molecule has 22 heavy (non-hydrogen) atoms. The average Bonchev–Trinajstić information content (AvgIpc) is 3.11. The Hall–Kier alpha value is -1.96. The van der Waals surface area contributed by atoms with E-state index in [0.29, 0.717) is 12.5 Å². The number of aromatic nitrogens is 4. The van der Waals surface area contributed by atoms with Gasteiger partial charge in [0.05, 0.1) is 17.7 Å². The van der Waals surface area contributed by atoms with Crippen molar-refractivity contribution in [2.75, 3.05) is 18.4 Å². The van der Waals surface area contributed by atoms with Gasteiger partial charge in [-0.2, -0.15) is 0 Å². The second-order valence-electron chi connectivity index (χ2n) is 5.39. The van der Waals surface area contributed by atoms with E-state index < -0.39 is 0 Å². The van der Waals surface area contributed by atoms with Gasteiger partial charge in [-0.3, -0.25) is 4.79 Å². The molecule has 0 atom stereocenters. The van der Waals surface area contributed by atoms with Crippen molar-refractivity contribution in [3.05, 3.63) is 22.9 Å². The smallest absolute Gasteiger partial charge is 0.244 e. The Labute approximate surface area is 133 Å². The number of carbonyl (C=O) groups excluding carboxylic acids is 1. The summed E-state index contributed by atoms with van der Waals surface area (Å²) in [5, 5.41) is 9.38. The topological polar surface area (TPSA) is 75.9 Å². The maximum Gasteiger partial charge on any atom is 0.244 e. The fourth-order valence-corrected chi connectivity index (χ4v) is 3.06. The predicted molar refractivity (Wildman–Crippen MR) is 84.5 cm³/mol. The zero-order valence-electron chi connectivity index (χ0n) is 12.4. The van der Waals surface area contributed by atoms with E-state index in [1.807, 2.05) is 10.3 Å². The lowest BCUT2D eigenvalue weighted by atomic mass is 10.2. The number of nitrogens with zero attached hydrogens (tertiary/aromatic N) is 5. The average molecular weight is 320 g/mol. The molecule has 1 saturated heterocycles. The molecule has 1 fully saturated rings. The van der Waals surface area contributed by atoms with E-state index in [0.717, 1.165) is 31.6 Å². The van der Waals surface area contributed by atoms with Crippen molar-refractivity contribution in [3.8, 4) is 0 Å². The summed E-state index contributed by atoms with van der Waals surface area (Å²) in [6.45, 7) is 2.57. The number of hydrogen-bond donors (Lipinski definition) is 1. The molecular formula is C14H20N6OS. The highest BCUT2D eigenvalue weighted by Gasteiger charge is 2.16. The van der Waals surface area contributed by atoms with E-state index in [1.165, 1.54) is 12.8 Å². The van der Waals surface area contributed by atoms with Crippen LogP contribution in [0.15, 0.2) is 17.2 Å². The van der Waals surface area contributed by atoms with Gasteiger partial charge in [-0.1, -0.05) is 12.8 Å². The van der Waals surface area contributed by atoms with Crippen LogP contribution in [0, 0.1) is 0 Å². The summed E-state index contributed by atoms with van der Waals surface area (Å²) in [6.07, 6.45) is 6.24. The van der Waals surface area contributed by atoms with E-state index in [9.17, 15) is 4.79 Å². The van der Waals surface area contributed by atoms with Gasteiger partial charge in [0, 0.05) is 18.5 Å². The minimum absolute atomic E-state index is 0.123. The first-order valence-corrected chi connectivity index (χ1v) is 8.54. The molecule has 0 radical (unpaired) electrons. The number of anilines is 1. The van der Waals surface area contributed by atoms with Gasteiger partial charge in [-0.15, -0.1) is 16.4 Å². The molecule has 2 aromatic rings. The van der Waals surface area contributed by atoms with E-state index in [-0.39, 0.29) is 12.5 Å². The number of carbonyl (C=O) groups is 1. The Bertz CT molecular complexity index is 588. The minimum Gasteiger partial charge on any atom is -0.347 e. The van der Waals surface area contributed by atoms with Gasteiger partial charge >= 0.3 is 0 Å². The molecule has 8 heteroatoms. The SMILES string of the molecule is O=C(Cn1cnc(NCc2cscn2)n1)N1CCCCCC1. The van der Waals surface area contributed by atoms with Crippen molar-refractivity contribution in [1.82, 2.24) is 24.6 Å². The van der Waals surface area contributed by atoms with Crippen LogP contribution in [0.25, 0.3) is 0 Å². The van der Waals surface area contributed by atoms with Crippen molar-refractivity contribution < 1.29 is 4.79 Å². The largest absolute Gasteiger partial charge is 0.347 e. The first-order valence-electron chi connectivity index (χ1n) is 7.59. The van der Waals surface area contributed by atoms with Gasteiger partial charge in [0.15, 0.2) is 0 Å². The zero-order valence-corrected chi connectivity index (χ0v) is 13.3. The lowest BCUT2D eigenvalue weighted by Gasteiger charge is -2.19. The van der Waals surface area contributed by atoms with Crippen molar-refractivity contribution in [3.63, 3.8) is 0 Å². The molecule has 1 N–H and O–H groups in total. The van der Waals surface area contributed by atoms with Crippen LogP contribution in [0.2, 0.25) is 0 Å². The summed E-state index contributed by atoms with van der Waals surface area (Å²) in [4.78, 5) is 22.6. The van der Waals surface area contributed by atoms with Crippen molar-refractivity contribution >= 4 is 23.2 Å². The van der Waals surface area contributed by atoms with Crippen molar-refractivity contribution in [2.24, 2.45) is 0 Å². The number of nitrogens with one attached hydrogen (secondary N) is 1. The molecule has 118 valence electrons. The van der Waals surface area contributed by atoms with Crippen LogP contribution in [0.4, 0.5) is 5.95 Å². The molecule has 0 spiro atoms. The second-order valence-corrected chi connectivity index (χ2v) is 6.11. The first kappa shape index (κ1) is 15.0. The Kier molecular flexibility index (Phi) is 4.99. The molecule has 2 aromatic heterocycles. The summed E-state index contributed by atoms with van der Waals surface area (Å²) in [6, 6.07) is 0. The quantitative estimate of drug-likeness (QED) is 0.908. The Morgan fingerprint density at radius 2 is 2.05 bits per heavy atom. The molecule has 7 nitrogen and oxygen atoms in total. The Morgan fingerprint density at radius 1 is 1.23 bits per heavy atom. The second kappa shape index (κ2) is 7.35. The Morgan fingerprint density at radius 3 is 2.77 bits per heavy atom. The maximum atomic E-state index is 12.3. The first-order chi connectivity index (χ1) is 10.8. The summed E-state index contributed by atoms with van der Waals surface area (Å²) >= 11 is 1.56. The Balaban J connectivity index is 1.51. The van der Waals surface area contributed by atoms with Crippen LogP contribution in [0.1, 0.15) is 31.4 Å². The van der Waals surface area contributed by atoms with Crippen LogP contribution in [-0.4, -0.2) is 43.6 Å². The number of hydrogen-bond acceptors (Lipinski definition) is 6. The normalized spacial score (nSPS) is 15.5. The number of rotatable bonds is 5. The molecule has 1 aliphatic rings. The summed E-state index contributed by atoms with van der Waals surface area (Å²) < 4.78 is 1.59. The fraction of sp³-hybridized carbons (Fsp3) is 0.571. The number of likely N-dealkylation sites (tertiary alicyclic amines) is 1. The van der Waals surface area contributed by atoms with Crippen LogP contribution >= 0.6 is 11.3 Å². The fourth-order valence-electron chi connectivity index (χ4n) is 2.50. The van der Waals surface area contributed by atoms with Crippen molar-refractivity contribution in [1.29, 1.82) is 0 Å². The third-order valence-corrected chi connectivity index (χ3v) is 4.34. The van der Waals surface area contributed by atoms with E-state index in [2.05, 4.69) is 20.4 Å². The highest BCUT2D eigenvalue weighted by Crippen LogP contribution is 2.10. The molecule has 0 aliphatic carbocycles. The van der Waals surface area contributed by atoms with E-state index >= 15 is 0 Å². The highest BCUT2D eigenvalue weighted by atomic mass is 32.1. The molecular weight excluding hydrogens is 300 g/mol. The molecule has 0 aromatic carbocycles. The van der Waals surface area contributed by atoms with Gasteiger partial charge in [0.25, 0.3) is 0 Å². The summed E-state index contributed by atoms with van der Waals surface area (Å²) in [7, 11) is 0. The molecule has 1 amide bonds. The number of amides is 1. The highest BCUT2D eigenvalue weighted by molar-refractivity contribution is 7.07. The van der Waals surface area contributed by atoms with E-state index in [4.69, 9.17) is 0 Å². The molecule has 1 aliphatic heterocycles. The molecule has 0 bridgehead atoms. The minimum atomic E-state index is 0.123. The molecule has 0 unspecified atom stereocenters. The monoisotopic (exact) mass is 320 g/mol. The zero-order chi connectivity index (χ0) is 15.2. The van der Waals surface area contributed by atoms with Crippen LogP contribution < -0.4 is 5.32 Å². The van der Waals surface area contributed by atoms with Gasteiger partial charge in [-0.05, 0) is 12.8 Å². The number of thiazole rings is 1. The third kappa shape index (κ3) is 4.03. The summed E-state index contributed by atoms with van der Waals surface area (Å²) in [5.41, 5.74) is 2.75. The van der Waals surface area contributed by atoms with Gasteiger partial charge < -0.3 is 10.2 Å². The molecule has 3 rings (SSSR count). The van der Waals surface area contributed by atoms with Gasteiger partial charge in [0.1, 0.15) is 12.9 Å². The predicted octanol–water partition coefficient (Wildman–Crippen LogP) is 1.75. The lowest BCUT2D eigenvalue weighted by molar-refractivity contribution is -0.132. The van der Waals surface area contributed by atoms with Gasteiger partial charge in [0.2, 0.25) is 11.9 Å². The van der Waals surface area contributed by atoms with Gasteiger partial charge in [-0.25, -0.2) is 14.6 Å².